The molecule has 0 fully saturated rings. The molecule has 0 N–H and O–H groups in total. The van der Waals surface area contributed by atoms with E-state index in [0.29, 0.717) is 5.41 Å². The van der Waals surface area contributed by atoms with E-state index in [1.54, 1.807) is 8.40 Å². The normalized spacial score (nSPS) is 18.9. The first-order chi connectivity index (χ1) is 4.52. The van der Waals surface area contributed by atoms with E-state index in [4.69, 9.17) is 0 Å². The van der Waals surface area contributed by atoms with Gasteiger partial charge in [-0.15, -0.1) is 0 Å². The predicted octanol–water partition coefficient (Wildman–Crippen LogP) is 2.42. The summed E-state index contributed by atoms with van der Waals surface area (Å²) in [5, 5.41) is 0. The molecule has 1 heteroatoms. The summed E-state index contributed by atoms with van der Waals surface area (Å²) in [5.41, 5.74) is 1.96. The van der Waals surface area contributed by atoms with Crippen molar-refractivity contribution < 1.29 is 0 Å². The van der Waals surface area contributed by atoms with Crippen LogP contribution in [0.1, 0.15) is 27.2 Å². The number of rotatable bonds is 0. The summed E-state index contributed by atoms with van der Waals surface area (Å²) in [6, 6.07) is 0. The van der Waals surface area contributed by atoms with E-state index in [1.165, 1.54) is 34.4 Å². The Morgan fingerprint density at radius 1 is 1.40 bits per heavy atom. The van der Waals surface area contributed by atoms with Crippen LogP contribution in [0.25, 0.3) is 0 Å². The second-order valence-corrected chi connectivity index (χ2v) is 5.26. The molecule has 0 atom stereocenters. The number of hydrogen-bond acceptors (Lipinski definition) is 0. The Morgan fingerprint density at radius 3 is 2.20 bits per heavy atom. The van der Waals surface area contributed by atoms with Crippen LogP contribution in [-0.2, 0) is 0 Å². The van der Waals surface area contributed by atoms with Crippen LogP contribution < -0.4 is 0 Å². The second-order valence-electron chi connectivity index (χ2n) is 4.05. The molecule has 1 aliphatic rings. The fourth-order valence-electron chi connectivity index (χ4n) is 1.50. The van der Waals surface area contributed by atoms with E-state index in [2.05, 4.69) is 32.9 Å². The van der Waals surface area contributed by atoms with E-state index in [1.807, 2.05) is 0 Å². The maximum atomic E-state index is 2.29. The monoisotopic (exact) mass is 144 g/mol. The number of allylic oxidation sites excluding steroid dienone is 4. The van der Waals surface area contributed by atoms with Crippen LogP contribution in [0.4, 0.5) is 0 Å². The van der Waals surface area contributed by atoms with Crippen molar-refractivity contribution in [3.8, 4) is 0 Å². The molecule has 0 radical (unpaired) electrons. The summed E-state index contributed by atoms with van der Waals surface area (Å²) >= 11 is 1.23. The molecule has 10 heavy (non-hydrogen) atoms. The van der Waals surface area contributed by atoms with Crippen LogP contribution in [0.2, 0.25) is 0 Å². The van der Waals surface area contributed by atoms with Gasteiger partial charge in [0.25, 0.3) is 0 Å². The van der Waals surface area contributed by atoms with Gasteiger partial charge in [0.15, 0.2) is 0 Å². The summed E-state index contributed by atoms with van der Waals surface area (Å²) in [6.07, 6.45) is 5.80. The van der Waals surface area contributed by atoms with E-state index < -0.39 is 0 Å². The van der Waals surface area contributed by atoms with Crippen LogP contribution in [0.5, 0.6) is 0 Å². The van der Waals surface area contributed by atoms with Gasteiger partial charge in [-0.05, 0) is 0 Å². The third-order valence-electron chi connectivity index (χ3n) is 1.98. The Balaban J connectivity index is 2.91. The second kappa shape index (κ2) is 2.84. The molecule has 1 aliphatic carbocycles. The first-order valence-electron chi connectivity index (χ1n) is 3.88. The van der Waals surface area contributed by atoms with Gasteiger partial charge in [0.05, 0.1) is 0 Å². The molecule has 0 unspecified atom stereocenters. The van der Waals surface area contributed by atoms with E-state index in [9.17, 15) is 0 Å². The first kappa shape index (κ1) is 8.58. The van der Waals surface area contributed by atoms with Crippen molar-refractivity contribution in [2.24, 2.45) is 5.41 Å². The summed E-state index contributed by atoms with van der Waals surface area (Å²) < 4.78 is 1.67. The molecule has 50 valence electrons. The molecule has 0 aromatic carbocycles. The van der Waals surface area contributed by atoms with Crippen molar-refractivity contribution in [2.45, 2.75) is 27.2 Å². The summed E-state index contributed by atoms with van der Waals surface area (Å²) in [6.45, 7) is 6.86. The van der Waals surface area contributed by atoms with Crippen molar-refractivity contribution in [3.05, 3.63) is 20.5 Å². The van der Waals surface area contributed by atoms with Crippen LogP contribution in [0.15, 0.2) is 20.5 Å². The molecular formula is C9H13Na. The molecule has 0 aromatic rings. The zero-order valence-corrected chi connectivity index (χ0v) is 9.36. The average molecular weight is 144 g/mol. The van der Waals surface area contributed by atoms with Gasteiger partial charge in [-0.2, -0.15) is 0 Å². The maximum absolute atomic E-state index is 2.29. The molecule has 0 nitrogen and oxygen atoms in total. The first-order valence-corrected chi connectivity index (χ1v) is 4.88. The Hall–Kier alpha value is 0.480. The van der Waals surface area contributed by atoms with E-state index in [0.717, 1.165) is 0 Å². The molecule has 0 bridgehead atoms. The Kier molecular flexibility index (Phi) is 2.44. The fraction of sp³-hybridized carbons (Fsp3) is 0.556. The number of hydrogen-bond donors (Lipinski definition) is 0. The third kappa shape index (κ3) is 1.75. The summed E-state index contributed by atoms with van der Waals surface area (Å²) in [5.74, 6) is 0. The van der Waals surface area contributed by atoms with Gasteiger partial charge in [-0.1, -0.05) is 0 Å². The Labute approximate surface area is 80.8 Å². The van der Waals surface area contributed by atoms with Crippen LogP contribution in [0, 0.1) is 5.41 Å². The third-order valence-corrected chi connectivity index (χ3v) is 2.92. The Morgan fingerprint density at radius 2 is 2.00 bits per heavy atom. The van der Waals surface area contributed by atoms with Crippen molar-refractivity contribution >= 4 is 27.9 Å². The molecule has 0 spiro atoms. The van der Waals surface area contributed by atoms with Gasteiger partial charge >= 0.3 is 81.1 Å². The molecule has 1 rings (SSSR count). The van der Waals surface area contributed by atoms with Gasteiger partial charge in [-0.3, -0.25) is 0 Å². The summed E-state index contributed by atoms with van der Waals surface area (Å²) in [4.78, 5) is 0. The van der Waals surface area contributed by atoms with Crippen molar-refractivity contribution in [3.63, 3.8) is 0 Å². The van der Waals surface area contributed by atoms with E-state index >= 15 is 0 Å². The topological polar surface area (TPSA) is 0 Å². The molecule has 0 aromatic heterocycles. The molecule has 0 aliphatic heterocycles. The van der Waals surface area contributed by atoms with Gasteiger partial charge in [-0.25, -0.2) is 0 Å². The fourth-order valence-corrected chi connectivity index (χ4v) is 2.65. The molecular weight excluding hydrogens is 131 g/mol. The summed E-state index contributed by atoms with van der Waals surface area (Å²) in [7, 11) is 0. The van der Waals surface area contributed by atoms with Crippen LogP contribution in [0.3, 0.4) is 0 Å². The van der Waals surface area contributed by atoms with Crippen molar-refractivity contribution in [1.82, 2.24) is 0 Å². The molecule has 0 amide bonds. The molecule has 0 heterocycles. The Bertz CT molecular complexity index is 191. The average Bonchev–Trinajstić information content (AvgIpc) is 2.11. The van der Waals surface area contributed by atoms with Gasteiger partial charge in [0.2, 0.25) is 0 Å². The predicted molar refractivity (Wildman–Crippen MR) is 46.0 cm³/mol. The minimum atomic E-state index is 0.379. The quantitative estimate of drug-likeness (QED) is 0.458. The standard InChI is InChI=1S/C9H13.Na/c1-9(2,3)8-6-4-5-7-8;/h4,6H,5H2,1-3H3;. The van der Waals surface area contributed by atoms with Crippen molar-refractivity contribution in [2.75, 3.05) is 0 Å². The van der Waals surface area contributed by atoms with Crippen LogP contribution >= 0.6 is 0 Å². The SMILES string of the molecule is CC(C)(C)C1=[C]([Na])CC=C1. The van der Waals surface area contributed by atoms with Gasteiger partial charge in [0, 0.05) is 0 Å². The van der Waals surface area contributed by atoms with Crippen LogP contribution in [-0.4, -0.2) is 27.9 Å². The van der Waals surface area contributed by atoms with Gasteiger partial charge < -0.3 is 0 Å². The van der Waals surface area contributed by atoms with Crippen molar-refractivity contribution in [1.29, 1.82) is 0 Å². The molecule has 0 saturated heterocycles. The molecule has 0 saturated carbocycles. The van der Waals surface area contributed by atoms with Gasteiger partial charge in [0.1, 0.15) is 0 Å². The van der Waals surface area contributed by atoms with E-state index in [-0.39, 0.29) is 0 Å². The minimum absolute atomic E-state index is 0.379. The zero-order valence-electron chi connectivity index (χ0n) is 7.36. The zero-order chi connectivity index (χ0) is 7.78.